The number of anilines is 1. The van der Waals surface area contributed by atoms with E-state index in [4.69, 9.17) is 5.73 Å². The molecule has 3 heteroatoms. The Kier molecular flexibility index (Phi) is 3.45. The Hall–Kier alpha value is -1.51. The van der Waals surface area contributed by atoms with Crippen LogP contribution in [0.2, 0.25) is 0 Å². The SMILES string of the molecule is CCC1CCCCC12CN=C(N)N2c1cccc(C)c1. The van der Waals surface area contributed by atoms with Gasteiger partial charge in [0, 0.05) is 5.69 Å². The third-order valence-electron chi connectivity index (χ3n) is 5.11. The van der Waals surface area contributed by atoms with Crippen LogP contribution >= 0.6 is 0 Å². The van der Waals surface area contributed by atoms with Gasteiger partial charge < -0.3 is 10.6 Å². The zero-order valence-corrected chi connectivity index (χ0v) is 12.6. The van der Waals surface area contributed by atoms with E-state index in [0.717, 1.165) is 6.54 Å². The van der Waals surface area contributed by atoms with E-state index in [1.54, 1.807) is 0 Å². The van der Waals surface area contributed by atoms with Gasteiger partial charge in [-0.05, 0) is 43.4 Å². The minimum Gasteiger partial charge on any atom is -0.369 e. The molecule has 0 radical (unpaired) electrons. The summed E-state index contributed by atoms with van der Waals surface area (Å²) in [4.78, 5) is 6.96. The predicted molar refractivity (Wildman–Crippen MR) is 85.1 cm³/mol. The summed E-state index contributed by atoms with van der Waals surface area (Å²) in [6.07, 6.45) is 6.37. The van der Waals surface area contributed by atoms with Crippen LogP contribution in [0.4, 0.5) is 5.69 Å². The topological polar surface area (TPSA) is 41.6 Å². The molecule has 0 saturated heterocycles. The van der Waals surface area contributed by atoms with E-state index >= 15 is 0 Å². The predicted octanol–water partition coefficient (Wildman–Crippen LogP) is 3.47. The number of benzene rings is 1. The van der Waals surface area contributed by atoms with Crippen molar-refractivity contribution in [1.82, 2.24) is 0 Å². The molecule has 2 aliphatic rings. The largest absolute Gasteiger partial charge is 0.369 e. The number of aryl methyl sites for hydroxylation is 1. The molecule has 1 aliphatic carbocycles. The fourth-order valence-electron chi connectivity index (χ4n) is 4.13. The van der Waals surface area contributed by atoms with Crippen molar-refractivity contribution in [2.24, 2.45) is 16.6 Å². The molecule has 2 N–H and O–H groups in total. The Morgan fingerprint density at radius 1 is 1.40 bits per heavy atom. The molecule has 0 aromatic heterocycles. The molecule has 1 aliphatic heterocycles. The summed E-state index contributed by atoms with van der Waals surface area (Å²) >= 11 is 0. The lowest BCUT2D eigenvalue weighted by Crippen LogP contribution is -2.57. The van der Waals surface area contributed by atoms with Gasteiger partial charge in [0.15, 0.2) is 5.96 Å². The van der Waals surface area contributed by atoms with Crippen LogP contribution in [0.15, 0.2) is 29.3 Å². The second kappa shape index (κ2) is 5.12. The van der Waals surface area contributed by atoms with E-state index in [1.165, 1.54) is 43.4 Å². The molecule has 0 bridgehead atoms. The quantitative estimate of drug-likeness (QED) is 0.895. The lowest BCUT2D eigenvalue weighted by atomic mass is 9.70. The highest BCUT2D eigenvalue weighted by molar-refractivity contribution is 5.98. The number of nitrogens with two attached hydrogens (primary N) is 1. The zero-order chi connectivity index (χ0) is 14.2. The first-order chi connectivity index (χ1) is 9.67. The van der Waals surface area contributed by atoms with Crippen LogP contribution in [0.25, 0.3) is 0 Å². The Labute approximate surface area is 121 Å². The first kappa shape index (κ1) is 13.5. The second-order valence-electron chi connectivity index (χ2n) is 6.30. The van der Waals surface area contributed by atoms with Crippen LogP contribution < -0.4 is 10.6 Å². The smallest absolute Gasteiger partial charge is 0.196 e. The van der Waals surface area contributed by atoms with Crippen LogP contribution in [0, 0.1) is 12.8 Å². The van der Waals surface area contributed by atoms with Crippen molar-refractivity contribution in [2.75, 3.05) is 11.4 Å². The molecule has 1 aromatic carbocycles. The van der Waals surface area contributed by atoms with Crippen LogP contribution in [0.1, 0.15) is 44.6 Å². The second-order valence-corrected chi connectivity index (χ2v) is 6.30. The van der Waals surface area contributed by atoms with E-state index in [1.807, 2.05) is 0 Å². The van der Waals surface area contributed by atoms with Crippen LogP contribution in [-0.2, 0) is 0 Å². The minimum absolute atomic E-state index is 0.130. The molecule has 108 valence electrons. The molecular weight excluding hydrogens is 246 g/mol. The van der Waals surface area contributed by atoms with Crippen molar-refractivity contribution in [2.45, 2.75) is 51.5 Å². The average Bonchev–Trinajstić information content (AvgIpc) is 2.77. The Morgan fingerprint density at radius 3 is 3.00 bits per heavy atom. The summed E-state index contributed by atoms with van der Waals surface area (Å²) in [5.74, 6) is 1.40. The monoisotopic (exact) mass is 271 g/mol. The number of aliphatic imine (C=N–C) groups is 1. The first-order valence-electron chi connectivity index (χ1n) is 7.84. The number of hydrogen-bond donors (Lipinski definition) is 1. The minimum atomic E-state index is 0.130. The molecule has 1 heterocycles. The normalized spacial score (nSPS) is 29.8. The van der Waals surface area contributed by atoms with Gasteiger partial charge in [-0.2, -0.15) is 0 Å². The van der Waals surface area contributed by atoms with Gasteiger partial charge in [-0.1, -0.05) is 38.3 Å². The fraction of sp³-hybridized carbons (Fsp3) is 0.588. The number of nitrogens with zero attached hydrogens (tertiary/aromatic N) is 2. The summed E-state index contributed by atoms with van der Waals surface area (Å²) in [5.41, 5.74) is 8.88. The van der Waals surface area contributed by atoms with Crippen molar-refractivity contribution in [3.8, 4) is 0 Å². The molecular formula is C17H25N3. The van der Waals surface area contributed by atoms with Crippen molar-refractivity contribution < 1.29 is 0 Å². The van der Waals surface area contributed by atoms with E-state index in [2.05, 4.69) is 48.0 Å². The standard InChI is InChI=1S/C17H25N3/c1-3-14-8-4-5-10-17(14)12-19-16(18)20(17)15-9-6-7-13(2)11-15/h6-7,9,11,14H,3-5,8,10,12H2,1-2H3,(H2,18,19). The van der Waals surface area contributed by atoms with Crippen molar-refractivity contribution in [3.05, 3.63) is 29.8 Å². The molecule has 2 unspecified atom stereocenters. The molecule has 2 atom stereocenters. The fourth-order valence-corrected chi connectivity index (χ4v) is 4.13. The van der Waals surface area contributed by atoms with Gasteiger partial charge in [-0.3, -0.25) is 4.99 Å². The summed E-state index contributed by atoms with van der Waals surface area (Å²) < 4.78 is 0. The maximum atomic E-state index is 6.26. The molecule has 3 rings (SSSR count). The van der Waals surface area contributed by atoms with Gasteiger partial charge in [-0.15, -0.1) is 0 Å². The zero-order valence-electron chi connectivity index (χ0n) is 12.6. The average molecular weight is 271 g/mol. The van der Waals surface area contributed by atoms with Crippen LogP contribution in [0.5, 0.6) is 0 Å². The molecule has 3 nitrogen and oxygen atoms in total. The van der Waals surface area contributed by atoms with Crippen LogP contribution in [0.3, 0.4) is 0 Å². The maximum Gasteiger partial charge on any atom is 0.196 e. The summed E-state index contributed by atoms with van der Waals surface area (Å²) in [6, 6.07) is 8.66. The third-order valence-corrected chi connectivity index (χ3v) is 5.11. The van der Waals surface area contributed by atoms with Gasteiger partial charge >= 0.3 is 0 Å². The molecule has 1 saturated carbocycles. The Morgan fingerprint density at radius 2 is 2.25 bits per heavy atom. The lowest BCUT2D eigenvalue weighted by molar-refractivity contribution is 0.201. The van der Waals surface area contributed by atoms with E-state index < -0.39 is 0 Å². The van der Waals surface area contributed by atoms with Gasteiger partial charge in [0.25, 0.3) is 0 Å². The number of rotatable bonds is 2. The third kappa shape index (κ3) is 2.00. The highest BCUT2D eigenvalue weighted by Gasteiger charge is 2.49. The van der Waals surface area contributed by atoms with E-state index in [9.17, 15) is 0 Å². The van der Waals surface area contributed by atoms with Crippen LogP contribution in [-0.4, -0.2) is 18.0 Å². The highest BCUT2D eigenvalue weighted by Crippen LogP contribution is 2.45. The Balaban J connectivity index is 2.03. The molecule has 20 heavy (non-hydrogen) atoms. The van der Waals surface area contributed by atoms with Crippen molar-refractivity contribution in [1.29, 1.82) is 0 Å². The van der Waals surface area contributed by atoms with Gasteiger partial charge in [0.1, 0.15) is 0 Å². The van der Waals surface area contributed by atoms with E-state index in [-0.39, 0.29) is 5.54 Å². The molecule has 0 amide bonds. The summed E-state index contributed by atoms with van der Waals surface area (Å²) in [6.45, 7) is 5.31. The lowest BCUT2D eigenvalue weighted by Gasteiger charge is -2.47. The van der Waals surface area contributed by atoms with Crippen molar-refractivity contribution in [3.63, 3.8) is 0 Å². The molecule has 1 spiro atoms. The number of hydrogen-bond acceptors (Lipinski definition) is 3. The number of guanidine groups is 1. The van der Waals surface area contributed by atoms with Gasteiger partial charge in [-0.25, -0.2) is 0 Å². The van der Waals surface area contributed by atoms with Gasteiger partial charge in [0.05, 0.1) is 12.1 Å². The Bertz CT molecular complexity index is 523. The van der Waals surface area contributed by atoms with Gasteiger partial charge in [0.2, 0.25) is 0 Å². The molecule has 1 fully saturated rings. The first-order valence-corrected chi connectivity index (χ1v) is 7.84. The summed E-state index contributed by atoms with van der Waals surface area (Å²) in [7, 11) is 0. The van der Waals surface area contributed by atoms with Crippen molar-refractivity contribution >= 4 is 11.6 Å². The maximum absolute atomic E-state index is 6.26. The van der Waals surface area contributed by atoms with E-state index in [0.29, 0.717) is 11.9 Å². The highest BCUT2D eigenvalue weighted by atomic mass is 15.4. The molecule has 1 aromatic rings. The summed E-state index contributed by atoms with van der Waals surface area (Å²) in [5, 5.41) is 0.